The van der Waals surface area contributed by atoms with Gasteiger partial charge in [-0.3, -0.25) is 4.79 Å². The third-order valence-electron chi connectivity index (χ3n) is 4.15. The molecule has 1 heterocycles. The van der Waals surface area contributed by atoms with E-state index < -0.39 is 0 Å². The van der Waals surface area contributed by atoms with Crippen molar-refractivity contribution in [3.8, 4) is 0 Å². The monoisotopic (exact) mass is 286 g/mol. The minimum absolute atomic E-state index is 0.0488. The number of hydrogen-bond acceptors (Lipinski definition) is 2. The average Bonchev–Trinajstić information content (AvgIpc) is 2.81. The Morgan fingerprint density at radius 1 is 1.24 bits per heavy atom. The normalized spacial score (nSPS) is 14.0. The number of nitrogens with zero attached hydrogens (tertiary/aromatic N) is 2. The van der Waals surface area contributed by atoms with Crippen LogP contribution < -0.4 is 0 Å². The molecule has 0 bridgehead atoms. The van der Waals surface area contributed by atoms with Gasteiger partial charge in [-0.15, -0.1) is 0 Å². The fraction of sp³-hybridized carbons (Fsp3) is 0.412. The van der Waals surface area contributed by atoms with Gasteiger partial charge in [0, 0.05) is 24.2 Å². The van der Waals surface area contributed by atoms with Crippen molar-refractivity contribution >= 4 is 5.78 Å². The lowest BCUT2D eigenvalue weighted by atomic mass is 10.0. The van der Waals surface area contributed by atoms with Crippen molar-refractivity contribution in [2.75, 3.05) is 0 Å². The number of Topliss-reactive ketones (excluding diaryl/α,β-unsaturated/α-hetero) is 1. The second-order valence-electron chi connectivity index (χ2n) is 5.59. The number of aryl methyl sites for hydroxylation is 2. The van der Waals surface area contributed by atoms with Crippen LogP contribution in [0.25, 0.3) is 0 Å². The topological polar surface area (TPSA) is 34.9 Å². The molecule has 1 aliphatic rings. The third kappa shape index (κ3) is 2.89. The largest absolute Gasteiger partial charge is 0.332 e. The smallest absolute Gasteiger partial charge is 0.164 e. The van der Waals surface area contributed by atoms with Gasteiger partial charge in [-0.2, -0.15) is 0 Å². The fourth-order valence-electron chi connectivity index (χ4n) is 3.03. The number of ketones is 1. The van der Waals surface area contributed by atoms with Gasteiger partial charge in [0.25, 0.3) is 0 Å². The minimum atomic E-state index is -0.314. The van der Waals surface area contributed by atoms with Gasteiger partial charge in [-0.25, -0.2) is 9.37 Å². The molecule has 3 rings (SSSR count). The van der Waals surface area contributed by atoms with Crippen LogP contribution in [0.3, 0.4) is 0 Å². The number of rotatable bonds is 4. The first-order valence-electron chi connectivity index (χ1n) is 7.49. The lowest BCUT2D eigenvalue weighted by Gasteiger charge is -2.14. The molecule has 0 saturated heterocycles. The summed E-state index contributed by atoms with van der Waals surface area (Å²) in [4.78, 5) is 16.8. The van der Waals surface area contributed by atoms with Crippen LogP contribution in [0.1, 0.15) is 46.8 Å². The van der Waals surface area contributed by atoms with Crippen LogP contribution in [0, 0.1) is 12.7 Å². The molecule has 4 heteroatoms. The highest BCUT2D eigenvalue weighted by Crippen LogP contribution is 2.22. The van der Waals surface area contributed by atoms with Crippen LogP contribution in [0.4, 0.5) is 4.39 Å². The summed E-state index contributed by atoms with van der Waals surface area (Å²) in [5.74, 6) is 0.729. The number of aromatic nitrogens is 2. The van der Waals surface area contributed by atoms with Crippen molar-refractivity contribution in [2.24, 2.45) is 0 Å². The van der Waals surface area contributed by atoms with Gasteiger partial charge < -0.3 is 4.57 Å². The molecule has 0 unspecified atom stereocenters. The van der Waals surface area contributed by atoms with E-state index in [1.165, 1.54) is 36.4 Å². The van der Waals surface area contributed by atoms with Gasteiger partial charge in [-0.1, -0.05) is 0 Å². The van der Waals surface area contributed by atoms with E-state index in [4.69, 9.17) is 0 Å². The number of halogens is 1. The molecule has 1 aliphatic carbocycles. The molecule has 0 atom stereocenters. The molecule has 0 N–H and O–H groups in total. The molecule has 2 aromatic rings. The van der Waals surface area contributed by atoms with Crippen LogP contribution in [0.2, 0.25) is 0 Å². The summed E-state index contributed by atoms with van der Waals surface area (Å²) in [7, 11) is 0. The zero-order chi connectivity index (χ0) is 14.8. The number of carbonyl (C=O) groups is 1. The van der Waals surface area contributed by atoms with Crippen LogP contribution in [-0.4, -0.2) is 15.3 Å². The number of benzene rings is 1. The second kappa shape index (κ2) is 5.80. The van der Waals surface area contributed by atoms with E-state index in [9.17, 15) is 9.18 Å². The molecule has 0 amide bonds. The Balaban J connectivity index is 1.71. The van der Waals surface area contributed by atoms with E-state index in [-0.39, 0.29) is 11.6 Å². The van der Waals surface area contributed by atoms with Crippen LogP contribution in [0.5, 0.6) is 0 Å². The SMILES string of the molecule is Cc1nc2c(n1CCC(=O)c1ccc(F)cc1)CCCC2. The zero-order valence-corrected chi connectivity index (χ0v) is 12.2. The van der Waals surface area contributed by atoms with Gasteiger partial charge in [-0.05, 0) is 56.9 Å². The number of carbonyl (C=O) groups excluding carboxylic acids is 1. The van der Waals surface area contributed by atoms with Gasteiger partial charge in [0.05, 0.1) is 5.69 Å². The summed E-state index contributed by atoms with van der Waals surface area (Å²) >= 11 is 0. The van der Waals surface area contributed by atoms with Crippen molar-refractivity contribution in [1.29, 1.82) is 0 Å². The molecular weight excluding hydrogens is 267 g/mol. The average molecular weight is 286 g/mol. The molecular formula is C17H19FN2O. The number of imidazole rings is 1. The first-order valence-corrected chi connectivity index (χ1v) is 7.49. The summed E-state index contributed by atoms with van der Waals surface area (Å²) in [6.07, 6.45) is 4.94. The van der Waals surface area contributed by atoms with E-state index in [0.29, 0.717) is 18.5 Å². The van der Waals surface area contributed by atoms with Crippen molar-refractivity contribution in [2.45, 2.75) is 45.6 Å². The standard InChI is InChI=1S/C17H19FN2O/c1-12-19-15-4-2-3-5-16(15)20(12)11-10-17(21)13-6-8-14(18)9-7-13/h6-9H,2-5,10-11H2,1H3. The maximum absolute atomic E-state index is 12.9. The van der Waals surface area contributed by atoms with Gasteiger partial charge >= 0.3 is 0 Å². The van der Waals surface area contributed by atoms with E-state index >= 15 is 0 Å². The molecule has 3 nitrogen and oxygen atoms in total. The second-order valence-corrected chi connectivity index (χ2v) is 5.59. The highest BCUT2D eigenvalue weighted by molar-refractivity contribution is 5.95. The fourth-order valence-corrected chi connectivity index (χ4v) is 3.03. The Morgan fingerprint density at radius 3 is 2.71 bits per heavy atom. The molecule has 0 aliphatic heterocycles. The van der Waals surface area contributed by atoms with Crippen molar-refractivity contribution in [1.82, 2.24) is 9.55 Å². The van der Waals surface area contributed by atoms with Crippen molar-refractivity contribution in [3.05, 3.63) is 52.9 Å². The first kappa shape index (κ1) is 14.0. The van der Waals surface area contributed by atoms with Crippen LogP contribution >= 0.6 is 0 Å². The number of fused-ring (bicyclic) bond motifs is 1. The maximum atomic E-state index is 12.9. The Bertz CT molecular complexity index is 658. The zero-order valence-electron chi connectivity index (χ0n) is 12.2. The Morgan fingerprint density at radius 2 is 1.95 bits per heavy atom. The molecule has 0 radical (unpaired) electrons. The highest BCUT2D eigenvalue weighted by atomic mass is 19.1. The van der Waals surface area contributed by atoms with E-state index in [1.54, 1.807) is 12.1 Å². The Labute approximate surface area is 123 Å². The van der Waals surface area contributed by atoms with Crippen molar-refractivity contribution < 1.29 is 9.18 Å². The maximum Gasteiger partial charge on any atom is 0.164 e. The van der Waals surface area contributed by atoms with Gasteiger partial charge in [0.15, 0.2) is 5.78 Å². The predicted octanol–water partition coefficient (Wildman–Crippen LogP) is 3.48. The summed E-state index contributed by atoms with van der Waals surface area (Å²) in [5.41, 5.74) is 3.07. The minimum Gasteiger partial charge on any atom is -0.332 e. The van der Waals surface area contributed by atoms with Crippen LogP contribution in [-0.2, 0) is 19.4 Å². The Hall–Kier alpha value is -1.97. The summed E-state index contributed by atoms with van der Waals surface area (Å²) in [6, 6.07) is 5.76. The summed E-state index contributed by atoms with van der Waals surface area (Å²) in [6.45, 7) is 2.66. The van der Waals surface area contributed by atoms with Crippen molar-refractivity contribution in [3.63, 3.8) is 0 Å². The number of hydrogen-bond donors (Lipinski definition) is 0. The van der Waals surface area contributed by atoms with E-state index in [2.05, 4.69) is 9.55 Å². The lowest BCUT2D eigenvalue weighted by molar-refractivity contribution is 0.0976. The summed E-state index contributed by atoms with van der Waals surface area (Å²) < 4.78 is 15.1. The molecule has 21 heavy (non-hydrogen) atoms. The molecule has 1 aromatic carbocycles. The van der Waals surface area contributed by atoms with Gasteiger partial charge in [0.2, 0.25) is 0 Å². The molecule has 0 fully saturated rings. The van der Waals surface area contributed by atoms with Crippen LogP contribution in [0.15, 0.2) is 24.3 Å². The molecule has 0 saturated carbocycles. The molecule has 110 valence electrons. The van der Waals surface area contributed by atoms with E-state index in [0.717, 1.165) is 18.7 Å². The van der Waals surface area contributed by atoms with Gasteiger partial charge in [0.1, 0.15) is 11.6 Å². The Kier molecular flexibility index (Phi) is 3.86. The molecule has 0 spiro atoms. The predicted molar refractivity (Wildman–Crippen MR) is 79.0 cm³/mol. The highest BCUT2D eigenvalue weighted by Gasteiger charge is 2.18. The quantitative estimate of drug-likeness (QED) is 0.806. The first-order chi connectivity index (χ1) is 10.1. The third-order valence-corrected chi connectivity index (χ3v) is 4.15. The summed E-state index contributed by atoms with van der Waals surface area (Å²) in [5, 5.41) is 0. The van der Waals surface area contributed by atoms with E-state index in [1.807, 2.05) is 6.92 Å². The molecule has 1 aromatic heterocycles. The lowest BCUT2D eigenvalue weighted by Crippen LogP contribution is -2.12.